The fourth-order valence-electron chi connectivity index (χ4n) is 3.42. The number of carboxylic acids is 1. The lowest BCUT2D eigenvalue weighted by atomic mass is 9.97. The molecule has 1 aliphatic carbocycles. The van der Waals surface area contributed by atoms with Gasteiger partial charge in [0, 0.05) is 12.5 Å². The summed E-state index contributed by atoms with van der Waals surface area (Å²) in [6, 6.07) is 7.49. The van der Waals surface area contributed by atoms with Gasteiger partial charge in [0.1, 0.15) is 6.04 Å². The predicted octanol–water partition coefficient (Wildman–Crippen LogP) is 1.87. The number of fused-ring (bicyclic) bond motifs is 1. The standard InChI is InChI=1S/C16H19NO3/c18-15(17-8-4-3-7-14(17)16(19)20)13-9-11-5-1-2-6-12(11)10-13/h1-2,5-6,13-14H,3-4,7-10H2,(H,19,20)/t14-/m0/s1. The number of piperidine rings is 1. The summed E-state index contributed by atoms with van der Waals surface area (Å²) in [6.45, 7) is 0.586. The van der Waals surface area contributed by atoms with E-state index in [1.54, 1.807) is 4.90 Å². The van der Waals surface area contributed by atoms with E-state index < -0.39 is 12.0 Å². The van der Waals surface area contributed by atoms with E-state index in [1.807, 2.05) is 12.1 Å². The van der Waals surface area contributed by atoms with Crippen molar-refractivity contribution in [3.8, 4) is 0 Å². The molecule has 4 nitrogen and oxygen atoms in total. The van der Waals surface area contributed by atoms with Crippen molar-refractivity contribution in [3.63, 3.8) is 0 Å². The molecule has 2 aliphatic rings. The molecule has 3 rings (SSSR count). The van der Waals surface area contributed by atoms with Crippen LogP contribution in [0.4, 0.5) is 0 Å². The zero-order valence-corrected chi connectivity index (χ0v) is 11.4. The molecular weight excluding hydrogens is 254 g/mol. The van der Waals surface area contributed by atoms with E-state index in [-0.39, 0.29) is 11.8 Å². The minimum absolute atomic E-state index is 0.0216. The predicted molar refractivity (Wildman–Crippen MR) is 74.3 cm³/mol. The molecule has 1 aromatic rings. The highest BCUT2D eigenvalue weighted by atomic mass is 16.4. The number of benzene rings is 1. The Balaban J connectivity index is 1.75. The molecule has 1 atom stereocenters. The third kappa shape index (κ3) is 2.30. The van der Waals surface area contributed by atoms with Crippen molar-refractivity contribution in [2.75, 3.05) is 6.54 Å². The lowest BCUT2D eigenvalue weighted by Crippen LogP contribution is -2.50. The second-order valence-corrected chi connectivity index (χ2v) is 5.76. The smallest absolute Gasteiger partial charge is 0.326 e. The van der Waals surface area contributed by atoms with Crippen molar-refractivity contribution in [2.24, 2.45) is 5.92 Å². The number of amides is 1. The molecular formula is C16H19NO3. The van der Waals surface area contributed by atoms with Crippen LogP contribution in [0.5, 0.6) is 0 Å². The fraction of sp³-hybridized carbons (Fsp3) is 0.500. The Labute approximate surface area is 118 Å². The van der Waals surface area contributed by atoms with Gasteiger partial charge in [0.15, 0.2) is 0 Å². The van der Waals surface area contributed by atoms with Crippen LogP contribution in [0.25, 0.3) is 0 Å². The van der Waals surface area contributed by atoms with Gasteiger partial charge in [-0.1, -0.05) is 24.3 Å². The SMILES string of the molecule is O=C(O)[C@@H]1CCCCN1C(=O)C1Cc2ccccc2C1. The summed E-state index contributed by atoms with van der Waals surface area (Å²) < 4.78 is 0. The molecule has 0 aromatic heterocycles. The van der Waals surface area contributed by atoms with Crippen molar-refractivity contribution >= 4 is 11.9 Å². The summed E-state index contributed by atoms with van der Waals surface area (Å²) in [4.78, 5) is 25.6. The van der Waals surface area contributed by atoms with Crippen LogP contribution >= 0.6 is 0 Å². The van der Waals surface area contributed by atoms with E-state index in [2.05, 4.69) is 12.1 Å². The first-order chi connectivity index (χ1) is 9.66. The van der Waals surface area contributed by atoms with E-state index in [0.29, 0.717) is 13.0 Å². The number of carbonyl (C=O) groups is 2. The Bertz CT molecular complexity index is 515. The molecule has 1 N–H and O–H groups in total. The van der Waals surface area contributed by atoms with E-state index in [9.17, 15) is 14.7 Å². The van der Waals surface area contributed by atoms with Crippen LogP contribution < -0.4 is 0 Å². The van der Waals surface area contributed by atoms with Crippen LogP contribution in [0, 0.1) is 5.92 Å². The maximum atomic E-state index is 12.6. The first kappa shape index (κ1) is 13.2. The summed E-state index contributed by atoms with van der Waals surface area (Å²) in [6.07, 6.45) is 3.89. The van der Waals surface area contributed by atoms with Gasteiger partial charge in [-0.2, -0.15) is 0 Å². The second kappa shape index (κ2) is 5.27. The van der Waals surface area contributed by atoms with Crippen molar-refractivity contribution in [1.82, 2.24) is 4.90 Å². The average Bonchev–Trinajstić information content (AvgIpc) is 2.90. The third-order valence-electron chi connectivity index (χ3n) is 4.47. The van der Waals surface area contributed by atoms with Gasteiger partial charge in [-0.3, -0.25) is 4.79 Å². The highest BCUT2D eigenvalue weighted by molar-refractivity contribution is 5.86. The molecule has 1 heterocycles. The Morgan fingerprint density at radius 2 is 1.75 bits per heavy atom. The summed E-state index contributed by atoms with van der Waals surface area (Å²) in [5.41, 5.74) is 2.46. The zero-order chi connectivity index (χ0) is 14.1. The fourth-order valence-corrected chi connectivity index (χ4v) is 3.42. The minimum atomic E-state index is -0.867. The minimum Gasteiger partial charge on any atom is -0.480 e. The molecule has 0 saturated carbocycles. The Hall–Kier alpha value is -1.84. The van der Waals surface area contributed by atoms with Gasteiger partial charge < -0.3 is 10.0 Å². The number of aliphatic carboxylic acids is 1. The monoisotopic (exact) mass is 273 g/mol. The lowest BCUT2D eigenvalue weighted by Gasteiger charge is -2.34. The number of hydrogen-bond acceptors (Lipinski definition) is 2. The van der Waals surface area contributed by atoms with Crippen LogP contribution in [0.3, 0.4) is 0 Å². The third-order valence-corrected chi connectivity index (χ3v) is 4.47. The maximum absolute atomic E-state index is 12.6. The van der Waals surface area contributed by atoms with Crippen LogP contribution in [0.15, 0.2) is 24.3 Å². The molecule has 1 aliphatic heterocycles. The van der Waals surface area contributed by atoms with E-state index in [4.69, 9.17) is 0 Å². The van der Waals surface area contributed by atoms with Gasteiger partial charge in [-0.15, -0.1) is 0 Å². The van der Waals surface area contributed by atoms with Crippen molar-refractivity contribution in [1.29, 1.82) is 0 Å². The molecule has 0 unspecified atom stereocenters. The number of carbonyl (C=O) groups excluding carboxylic acids is 1. The number of rotatable bonds is 2. The van der Waals surface area contributed by atoms with Gasteiger partial charge in [0.05, 0.1) is 0 Å². The molecule has 1 saturated heterocycles. The highest BCUT2D eigenvalue weighted by Crippen LogP contribution is 2.30. The van der Waals surface area contributed by atoms with Crippen LogP contribution in [-0.4, -0.2) is 34.5 Å². The number of nitrogens with zero attached hydrogens (tertiary/aromatic N) is 1. The Morgan fingerprint density at radius 1 is 1.10 bits per heavy atom. The van der Waals surface area contributed by atoms with E-state index >= 15 is 0 Å². The topological polar surface area (TPSA) is 57.6 Å². The van der Waals surface area contributed by atoms with E-state index in [1.165, 1.54) is 11.1 Å². The van der Waals surface area contributed by atoms with Gasteiger partial charge in [-0.25, -0.2) is 4.79 Å². The first-order valence-electron chi connectivity index (χ1n) is 7.27. The van der Waals surface area contributed by atoms with Crippen LogP contribution in [-0.2, 0) is 22.4 Å². The summed E-state index contributed by atoms with van der Waals surface area (Å²) in [5.74, 6) is -0.922. The first-order valence-corrected chi connectivity index (χ1v) is 7.27. The molecule has 4 heteroatoms. The Kier molecular flexibility index (Phi) is 3.47. The van der Waals surface area contributed by atoms with Gasteiger partial charge in [0.2, 0.25) is 5.91 Å². The molecule has 0 bridgehead atoms. The molecule has 1 aromatic carbocycles. The molecule has 1 amide bonds. The molecule has 106 valence electrons. The highest BCUT2D eigenvalue weighted by Gasteiger charge is 2.37. The summed E-state index contributed by atoms with van der Waals surface area (Å²) in [7, 11) is 0. The van der Waals surface area contributed by atoms with Gasteiger partial charge in [0.25, 0.3) is 0 Å². The van der Waals surface area contributed by atoms with Crippen molar-refractivity contribution in [2.45, 2.75) is 38.1 Å². The second-order valence-electron chi connectivity index (χ2n) is 5.76. The lowest BCUT2D eigenvalue weighted by molar-refractivity contribution is -0.153. The van der Waals surface area contributed by atoms with E-state index in [0.717, 1.165) is 25.7 Å². The zero-order valence-electron chi connectivity index (χ0n) is 11.4. The molecule has 0 radical (unpaired) electrons. The molecule has 1 fully saturated rings. The Morgan fingerprint density at radius 3 is 2.35 bits per heavy atom. The number of carboxylic acid groups (broad SMARTS) is 1. The average molecular weight is 273 g/mol. The summed E-state index contributed by atoms with van der Waals surface area (Å²) in [5, 5.41) is 9.28. The number of hydrogen-bond donors (Lipinski definition) is 1. The van der Waals surface area contributed by atoms with Gasteiger partial charge >= 0.3 is 5.97 Å². The summed E-state index contributed by atoms with van der Waals surface area (Å²) >= 11 is 0. The van der Waals surface area contributed by atoms with Crippen LogP contribution in [0.2, 0.25) is 0 Å². The molecule has 20 heavy (non-hydrogen) atoms. The van der Waals surface area contributed by atoms with Gasteiger partial charge in [-0.05, 0) is 43.2 Å². The van der Waals surface area contributed by atoms with Crippen molar-refractivity contribution < 1.29 is 14.7 Å². The molecule has 0 spiro atoms. The van der Waals surface area contributed by atoms with Crippen molar-refractivity contribution in [3.05, 3.63) is 35.4 Å². The normalized spacial score (nSPS) is 22.6. The quantitative estimate of drug-likeness (QED) is 0.895. The largest absolute Gasteiger partial charge is 0.480 e. The maximum Gasteiger partial charge on any atom is 0.326 e. The van der Waals surface area contributed by atoms with Crippen LogP contribution in [0.1, 0.15) is 30.4 Å². The number of likely N-dealkylation sites (tertiary alicyclic amines) is 1.